The van der Waals surface area contributed by atoms with Crippen LogP contribution < -0.4 is 0 Å². The molecule has 64 valence electrons. The average Bonchev–Trinajstić information content (AvgIpc) is 2.05. The zero-order chi connectivity index (χ0) is 8.27. The number of piperidine rings is 1. The molecule has 0 aromatic carbocycles. The quantitative estimate of drug-likeness (QED) is 0.630. The molecule has 0 bridgehead atoms. The van der Waals surface area contributed by atoms with Crippen molar-refractivity contribution in [2.45, 2.75) is 26.2 Å². The van der Waals surface area contributed by atoms with Gasteiger partial charge in [0.15, 0.2) is 0 Å². The van der Waals surface area contributed by atoms with E-state index in [0.717, 1.165) is 25.9 Å². The molecule has 1 saturated heterocycles. The third-order valence-corrected chi connectivity index (χ3v) is 2.37. The van der Waals surface area contributed by atoms with Gasteiger partial charge >= 0.3 is 6.09 Å². The maximum absolute atomic E-state index is 10.5. The van der Waals surface area contributed by atoms with Crippen LogP contribution in [0.15, 0.2) is 0 Å². The summed E-state index contributed by atoms with van der Waals surface area (Å²) in [5.74, 6) is 0.597. The zero-order valence-electron chi connectivity index (χ0n) is 6.92. The Labute approximate surface area is 67.0 Å². The Morgan fingerprint density at radius 2 is 2.45 bits per heavy atom. The van der Waals surface area contributed by atoms with Gasteiger partial charge in [-0.1, -0.05) is 13.3 Å². The summed E-state index contributed by atoms with van der Waals surface area (Å²) in [6.07, 6.45) is 2.57. The first-order valence-corrected chi connectivity index (χ1v) is 4.22. The molecule has 11 heavy (non-hydrogen) atoms. The average molecular weight is 157 g/mol. The number of carbonyl (C=O) groups is 1. The van der Waals surface area contributed by atoms with Crippen molar-refractivity contribution in [1.82, 2.24) is 4.90 Å². The minimum absolute atomic E-state index is 0.597. The van der Waals surface area contributed by atoms with Crippen LogP contribution in [0.1, 0.15) is 26.2 Å². The van der Waals surface area contributed by atoms with Gasteiger partial charge in [0.2, 0.25) is 0 Å². The van der Waals surface area contributed by atoms with E-state index in [1.807, 2.05) is 0 Å². The molecule has 1 heterocycles. The molecule has 0 aromatic heterocycles. The molecular formula is C8H15NO2. The van der Waals surface area contributed by atoms with E-state index in [1.165, 1.54) is 11.3 Å². The van der Waals surface area contributed by atoms with Gasteiger partial charge in [-0.05, 0) is 18.8 Å². The SMILES string of the molecule is CCC1CCCN(C(=O)O)C1. The summed E-state index contributed by atoms with van der Waals surface area (Å²) >= 11 is 0. The van der Waals surface area contributed by atoms with Gasteiger partial charge in [0, 0.05) is 13.1 Å². The highest BCUT2D eigenvalue weighted by Crippen LogP contribution is 2.18. The highest BCUT2D eigenvalue weighted by Gasteiger charge is 2.21. The van der Waals surface area contributed by atoms with Crippen LogP contribution in [0.3, 0.4) is 0 Å². The van der Waals surface area contributed by atoms with Crippen LogP contribution in [0.2, 0.25) is 0 Å². The topological polar surface area (TPSA) is 40.5 Å². The van der Waals surface area contributed by atoms with Crippen LogP contribution in [0, 0.1) is 5.92 Å². The van der Waals surface area contributed by atoms with Crippen molar-refractivity contribution >= 4 is 6.09 Å². The summed E-state index contributed by atoms with van der Waals surface area (Å²) < 4.78 is 0. The Morgan fingerprint density at radius 1 is 1.73 bits per heavy atom. The van der Waals surface area contributed by atoms with E-state index in [-0.39, 0.29) is 0 Å². The van der Waals surface area contributed by atoms with Crippen molar-refractivity contribution < 1.29 is 9.90 Å². The maximum atomic E-state index is 10.5. The number of hydrogen-bond donors (Lipinski definition) is 1. The van der Waals surface area contributed by atoms with Crippen molar-refractivity contribution in [3.8, 4) is 0 Å². The Balaban J connectivity index is 2.39. The molecule has 1 rings (SSSR count). The molecule has 1 fully saturated rings. The first-order chi connectivity index (χ1) is 5.24. The van der Waals surface area contributed by atoms with E-state index in [2.05, 4.69) is 6.92 Å². The van der Waals surface area contributed by atoms with Gasteiger partial charge < -0.3 is 10.0 Å². The van der Waals surface area contributed by atoms with Crippen LogP contribution >= 0.6 is 0 Å². The lowest BCUT2D eigenvalue weighted by molar-refractivity contribution is 0.119. The fourth-order valence-corrected chi connectivity index (χ4v) is 1.57. The Kier molecular flexibility index (Phi) is 2.74. The number of amides is 1. The van der Waals surface area contributed by atoms with Gasteiger partial charge in [-0.25, -0.2) is 4.79 Å². The molecule has 0 saturated carbocycles. The van der Waals surface area contributed by atoms with Crippen LogP contribution in [0.5, 0.6) is 0 Å². The van der Waals surface area contributed by atoms with Crippen LogP contribution in [-0.4, -0.2) is 29.2 Å². The molecule has 1 atom stereocenters. The second-order valence-corrected chi connectivity index (χ2v) is 3.15. The fourth-order valence-electron chi connectivity index (χ4n) is 1.57. The van der Waals surface area contributed by atoms with E-state index in [1.54, 1.807) is 0 Å². The molecule has 0 radical (unpaired) electrons. The molecule has 3 nitrogen and oxygen atoms in total. The number of likely N-dealkylation sites (tertiary alicyclic amines) is 1. The summed E-state index contributed by atoms with van der Waals surface area (Å²) in [5, 5.41) is 8.68. The molecule has 1 unspecified atom stereocenters. The molecule has 1 aliphatic rings. The third-order valence-electron chi connectivity index (χ3n) is 2.37. The van der Waals surface area contributed by atoms with Crippen LogP contribution in [0.4, 0.5) is 4.79 Å². The second kappa shape index (κ2) is 3.60. The first-order valence-electron chi connectivity index (χ1n) is 4.22. The molecule has 3 heteroatoms. The lowest BCUT2D eigenvalue weighted by Crippen LogP contribution is -2.38. The summed E-state index contributed by atoms with van der Waals surface area (Å²) in [4.78, 5) is 12.1. The van der Waals surface area contributed by atoms with Gasteiger partial charge in [-0.15, -0.1) is 0 Å². The van der Waals surface area contributed by atoms with Gasteiger partial charge in [0.05, 0.1) is 0 Å². The van der Waals surface area contributed by atoms with Crippen molar-refractivity contribution in [1.29, 1.82) is 0 Å². The van der Waals surface area contributed by atoms with Crippen molar-refractivity contribution in [3.05, 3.63) is 0 Å². The predicted octanol–water partition coefficient (Wildman–Crippen LogP) is 1.79. The lowest BCUT2D eigenvalue weighted by Gasteiger charge is -2.29. The van der Waals surface area contributed by atoms with Crippen LogP contribution in [-0.2, 0) is 0 Å². The normalized spacial score (nSPS) is 25.2. The highest BCUT2D eigenvalue weighted by molar-refractivity contribution is 5.65. The van der Waals surface area contributed by atoms with Crippen molar-refractivity contribution in [2.75, 3.05) is 13.1 Å². The summed E-state index contributed by atoms with van der Waals surface area (Å²) in [6, 6.07) is 0. The van der Waals surface area contributed by atoms with E-state index < -0.39 is 6.09 Å². The summed E-state index contributed by atoms with van der Waals surface area (Å²) in [6.45, 7) is 3.59. The maximum Gasteiger partial charge on any atom is 0.407 e. The smallest absolute Gasteiger partial charge is 0.407 e. The van der Waals surface area contributed by atoms with E-state index >= 15 is 0 Å². The molecule has 1 aliphatic heterocycles. The molecule has 0 spiro atoms. The first kappa shape index (κ1) is 8.37. The molecule has 0 aromatic rings. The fraction of sp³-hybridized carbons (Fsp3) is 0.875. The minimum Gasteiger partial charge on any atom is -0.465 e. The third kappa shape index (κ3) is 2.10. The van der Waals surface area contributed by atoms with E-state index in [4.69, 9.17) is 5.11 Å². The molecular weight excluding hydrogens is 142 g/mol. The molecule has 1 N–H and O–H groups in total. The minimum atomic E-state index is -0.761. The molecule has 0 aliphatic carbocycles. The van der Waals surface area contributed by atoms with Crippen molar-refractivity contribution in [3.63, 3.8) is 0 Å². The Bertz CT molecular complexity index is 147. The van der Waals surface area contributed by atoms with Gasteiger partial charge in [0.25, 0.3) is 0 Å². The standard InChI is InChI=1S/C8H15NO2/c1-2-7-4-3-5-9(6-7)8(10)11/h7H,2-6H2,1H3,(H,10,11). The summed E-state index contributed by atoms with van der Waals surface area (Å²) in [7, 11) is 0. The largest absolute Gasteiger partial charge is 0.465 e. The monoisotopic (exact) mass is 157 g/mol. The summed E-state index contributed by atoms with van der Waals surface area (Å²) in [5.41, 5.74) is 0. The predicted molar refractivity (Wildman–Crippen MR) is 42.6 cm³/mol. The Hall–Kier alpha value is -0.730. The number of rotatable bonds is 1. The van der Waals surface area contributed by atoms with Crippen molar-refractivity contribution in [2.24, 2.45) is 5.92 Å². The number of hydrogen-bond acceptors (Lipinski definition) is 1. The lowest BCUT2D eigenvalue weighted by atomic mass is 9.96. The van der Waals surface area contributed by atoms with Gasteiger partial charge in [-0.2, -0.15) is 0 Å². The van der Waals surface area contributed by atoms with Crippen LogP contribution in [0.25, 0.3) is 0 Å². The molecule has 1 amide bonds. The zero-order valence-corrected chi connectivity index (χ0v) is 6.92. The van der Waals surface area contributed by atoms with E-state index in [9.17, 15) is 4.79 Å². The van der Waals surface area contributed by atoms with Gasteiger partial charge in [0.1, 0.15) is 0 Å². The number of carboxylic acid groups (broad SMARTS) is 1. The Morgan fingerprint density at radius 3 is 3.00 bits per heavy atom. The van der Waals surface area contributed by atoms with Gasteiger partial charge in [-0.3, -0.25) is 0 Å². The highest BCUT2D eigenvalue weighted by atomic mass is 16.4. The number of nitrogens with zero attached hydrogens (tertiary/aromatic N) is 1. The second-order valence-electron chi connectivity index (χ2n) is 3.15. The van der Waals surface area contributed by atoms with E-state index in [0.29, 0.717) is 5.92 Å².